The predicted molar refractivity (Wildman–Crippen MR) is 91.6 cm³/mol. The summed E-state index contributed by atoms with van der Waals surface area (Å²) in [7, 11) is 0. The first-order valence-electron chi connectivity index (χ1n) is 9.01. The molecule has 10 heteroatoms. The first kappa shape index (κ1) is 22.5. The minimum Gasteiger partial charge on any atom is -0.373 e. The third-order valence-electron chi connectivity index (χ3n) is 4.90. The van der Waals surface area contributed by atoms with Gasteiger partial charge in [-0.15, -0.1) is 0 Å². The van der Waals surface area contributed by atoms with E-state index in [9.17, 15) is 35.1 Å². The Bertz CT molecular complexity index is 861. The first-order valence-corrected chi connectivity index (χ1v) is 9.01. The number of alkyl halides is 6. The lowest BCUT2D eigenvalue weighted by Gasteiger charge is -2.32. The maximum Gasteiger partial charge on any atom is 0.416 e. The lowest BCUT2D eigenvalue weighted by molar-refractivity contribution is -0.143. The Morgan fingerprint density at radius 1 is 0.867 bits per heavy atom. The molecule has 1 aliphatic rings. The van der Waals surface area contributed by atoms with Crippen LogP contribution >= 0.6 is 0 Å². The van der Waals surface area contributed by atoms with Gasteiger partial charge in [0, 0.05) is 12.5 Å². The first-order chi connectivity index (χ1) is 13.9. The number of ether oxygens (including phenoxy) is 1. The summed E-state index contributed by atoms with van der Waals surface area (Å²) in [6, 6.07) is 4.62. The smallest absolute Gasteiger partial charge is 0.373 e. The van der Waals surface area contributed by atoms with E-state index in [0.717, 1.165) is 12.1 Å². The SMILES string of the molecule is Fc1ccc(C2CNCCC2OCc2cc(C(F)(F)F)cc(C(F)(F)F)c2)cc1F. The zero-order chi connectivity index (χ0) is 22.1. The Kier molecular flexibility index (Phi) is 6.37. The largest absolute Gasteiger partial charge is 0.416 e. The minimum atomic E-state index is -4.95. The van der Waals surface area contributed by atoms with Gasteiger partial charge >= 0.3 is 12.4 Å². The second kappa shape index (κ2) is 8.50. The lowest BCUT2D eigenvalue weighted by Crippen LogP contribution is -2.39. The van der Waals surface area contributed by atoms with Gasteiger partial charge in [-0.25, -0.2) is 8.78 Å². The van der Waals surface area contributed by atoms with Crippen molar-refractivity contribution >= 4 is 0 Å². The summed E-state index contributed by atoms with van der Waals surface area (Å²) in [4.78, 5) is 0. The van der Waals surface area contributed by atoms with Crippen molar-refractivity contribution in [3.8, 4) is 0 Å². The molecular weight excluding hydrogens is 422 g/mol. The van der Waals surface area contributed by atoms with Gasteiger partial charge in [0.2, 0.25) is 0 Å². The van der Waals surface area contributed by atoms with Crippen LogP contribution in [0.1, 0.15) is 34.6 Å². The molecular formula is C20H17F8NO. The molecule has 2 unspecified atom stereocenters. The van der Waals surface area contributed by atoms with Crippen LogP contribution in [-0.2, 0) is 23.7 Å². The third-order valence-corrected chi connectivity index (χ3v) is 4.90. The van der Waals surface area contributed by atoms with Crippen LogP contribution in [0.4, 0.5) is 35.1 Å². The quantitative estimate of drug-likeness (QED) is 0.621. The highest BCUT2D eigenvalue weighted by molar-refractivity contribution is 5.33. The fourth-order valence-corrected chi connectivity index (χ4v) is 3.42. The average Bonchev–Trinajstić information content (AvgIpc) is 2.67. The highest BCUT2D eigenvalue weighted by atomic mass is 19.4. The molecule has 1 saturated heterocycles. The second-order valence-corrected chi connectivity index (χ2v) is 7.04. The summed E-state index contributed by atoms with van der Waals surface area (Å²) >= 11 is 0. The molecule has 1 N–H and O–H groups in total. The molecule has 0 aliphatic carbocycles. The van der Waals surface area contributed by atoms with Crippen LogP contribution < -0.4 is 5.32 Å². The van der Waals surface area contributed by atoms with Gasteiger partial charge < -0.3 is 10.1 Å². The van der Waals surface area contributed by atoms with Gasteiger partial charge in [0.15, 0.2) is 11.6 Å². The fraction of sp³-hybridized carbons (Fsp3) is 0.400. The van der Waals surface area contributed by atoms with E-state index < -0.39 is 53.7 Å². The predicted octanol–water partition coefficient (Wildman–Crippen LogP) is 5.66. The Balaban J connectivity index is 1.82. The summed E-state index contributed by atoms with van der Waals surface area (Å²) in [6.45, 7) is 0.352. The Labute approximate surface area is 166 Å². The average molecular weight is 439 g/mol. The van der Waals surface area contributed by atoms with Crippen molar-refractivity contribution in [1.82, 2.24) is 5.32 Å². The van der Waals surface area contributed by atoms with Crippen LogP contribution in [-0.4, -0.2) is 19.2 Å². The van der Waals surface area contributed by atoms with Crippen molar-refractivity contribution in [2.24, 2.45) is 0 Å². The maximum atomic E-state index is 13.6. The molecule has 0 amide bonds. The zero-order valence-corrected chi connectivity index (χ0v) is 15.4. The van der Waals surface area contributed by atoms with E-state index in [-0.39, 0.29) is 11.6 Å². The Morgan fingerprint density at radius 3 is 2.07 bits per heavy atom. The Hall–Kier alpha value is -2.20. The molecule has 0 bridgehead atoms. The summed E-state index contributed by atoms with van der Waals surface area (Å²) in [5, 5.41) is 3.06. The Morgan fingerprint density at radius 2 is 1.50 bits per heavy atom. The molecule has 2 aromatic rings. The molecule has 0 radical (unpaired) electrons. The molecule has 0 spiro atoms. The molecule has 1 aliphatic heterocycles. The highest BCUT2D eigenvalue weighted by Crippen LogP contribution is 2.37. The van der Waals surface area contributed by atoms with Crippen LogP contribution in [0.15, 0.2) is 36.4 Å². The number of rotatable bonds is 4. The van der Waals surface area contributed by atoms with Crippen LogP contribution in [0.5, 0.6) is 0 Å². The monoisotopic (exact) mass is 439 g/mol. The van der Waals surface area contributed by atoms with Gasteiger partial charge in [0.05, 0.1) is 23.8 Å². The van der Waals surface area contributed by atoms with Crippen molar-refractivity contribution in [3.63, 3.8) is 0 Å². The van der Waals surface area contributed by atoms with Crippen molar-refractivity contribution in [3.05, 3.63) is 70.3 Å². The van der Waals surface area contributed by atoms with Crippen LogP contribution in [0.3, 0.4) is 0 Å². The van der Waals surface area contributed by atoms with Crippen LogP contribution in [0.25, 0.3) is 0 Å². The molecule has 1 fully saturated rings. The summed E-state index contributed by atoms with van der Waals surface area (Å²) in [5.41, 5.74) is -2.69. The number of hydrogen-bond donors (Lipinski definition) is 1. The maximum absolute atomic E-state index is 13.6. The summed E-state index contributed by atoms with van der Waals surface area (Å²) < 4.78 is 110. The molecule has 2 nitrogen and oxygen atoms in total. The number of benzene rings is 2. The molecule has 3 rings (SSSR count). The van der Waals surface area contributed by atoms with Crippen molar-refractivity contribution in [2.75, 3.05) is 13.1 Å². The molecule has 2 atom stereocenters. The number of nitrogens with one attached hydrogen (secondary N) is 1. The molecule has 0 saturated carbocycles. The van der Waals surface area contributed by atoms with Gasteiger partial charge in [-0.3, -0.25) is 0 Å². The van der Waals surface area contributed by atoms with E-state index in [2.05, 4.69) is 5.32 Å². The van der Waals surface area contributed by atoms with Crippen LogP contribution in [0, 0.1) is 11.6 Å². The number of piperidine rings is 1. The minimum absolute atomic E-state index is 0.0537. The van der Waals surface area contributed by atoms with Crippen molar-refractivity contribution < 1.29 is 39.9 Å². The lowest BCUT2D eigenvalue weighted by atomic mass is 9.88. The van der Waals surface area contributed by atoms with Gasteiger partial charge in [-0.05, 0) is 54.4 Å². The topological polar surface area (TPSA) is 21.3 Å². The molecule has 164 valence electrons. The zero-order valence-electron chi connectivity index (χ0n) is 15.4. The van der Waals surface area contributed by atoms with Crippen LogP contribution in [0.2, 0.25) is 0 Å². The van der Waals surface area contributed by atoms with E-state index in [0.29, 0.717) is 37.2 Å². The molecule has 0 aromatic heterocycles. The second-order valence-electron chi connectivity index (χ2n) is 7.04. The summed E-state index contributed by atoms with van der Waals surface area (Å²) in [6.07, 6.45) is -10.1. The van der Waals surface area contributed by atoms with Gasteiger partial charge in [0.1, 0.15) is 0 Å². The number of hydrogen-bond acceptors (Lipinski definition) is 2. The summed E-state index contributed by atoms with van der Waals surface area (Å²) in [5.74, 6) is -2.52. The van der Waals surface area contributed by atoms with Crippen molar-refractivity contribution in [1.29, 1.82) is 0 Å². The van der Waals surface area contributed by atoms with Gasteiger partial charge in [-0.2, -0.15) is 26.3 Å². The van der Waals surface area contributed by atoms with Crippen molar-refractivity contribution in [2.45, 2.75) is 37.4 Å². The van der Waals surface area contributed by atoms with E-state index in [1.807, 2.05) is 0 Å². The molecule has 1 heterocycles. The third kappa shape index (κ3) is 5.28. The highest BCUT2D eigenvalue weighted by Gasteiger charge is 2.37. The standard InChI is InChI=1S/C20H17F8NO/c21-16-2-1-12(7-17(16)22)15-9-29-4-3-18(15)30-10-11-5-13(19(23,24)25)8-14(6-11)20(26,27)28/h1-2,5-8,15,18,29H,3-4,9-10H2. The molecule has 30 heavy (non-hydrogen) atoms. The van der Waals surface area contributed by atoms with Gasteiger partial charge in [0.25, 0.3) is 0 Å². The fourth-order valence-electron chi connectivity index (χ4n) is 3.42. The van der Waals surface area contributed by atoms with E-state index >= 15 is 0 Å². The number of halogens is 8. The van der Waals surface area contributed by atoms with E-state index in [1.54, 1.807) is 0 Å². The molecule has 2 aromatic carbocycles. The van der Waals surface area contributed by atoms with Gasteiger partial charge in [-0.1, -0.05) is 6.07 Å². The van der Waals surface area contributed by atoms with E-state index in [4.69, 9.17) is 4.74 Å². The normalized spacial score (nSPS) is 20.4. The van der Waals surface area contributed by atoms with E-state index in [1.165, 1.54) is 6.07 Å².